The van der Waals surface area contributed by atoms with Crippen LogP contribution in [-0.4, -0.2) is 20.0 Å². The van der Waals surface area contributed by atoms with Crippen molar-refractivity contribution in [3.63, 3.8) is 0 Å². The van der Waals surface area contributed by atoms with Gasteiger partial charge in [0, 0.05) is 0 Å². The number of aliphatic hydroxyl groups is 1. The van der Waals surface area contributed by atoms with E-state index in [0.717, 1.165) is 4.68 Å². The Labute approximate surface area is 131 Å². The summed E-state index contributed by atoms with van der Waals surface area (Å²) >= 11 is 0. The van der Waals surface area contributed by atoms with Crippen molar-refractivity contribution < 1.29 is 14.0 Å². The fourth-order valence-electron chi connectivity index (χ4n) is 2.74. The molecule has 0 aliphatic carbocycles. The lowest BCUT2D eigenvalue weighted by atomic mass is 10.0. The Morgan fingerprint density at radius 3 is 2.78 bits per heavy atom. The van der Waals surface area contributed by atoms with E-state index in [0.29, 0.717) is 28.0 Å². The molecule has 0 fully saturated rings. The van der Waals surface area contributed by atoms with Crippen LogP contribution in [0.1, 0.15) is 28.7 Å². The normalized spacial score (nSPS) is 12.7. The van der Waals surface area contributed by atoms with Gasteiger partial charge in [0.05, 0.1) is 23.7 Å². The number of fused-ring (bicyclic) bond motifs is 1. The summed E-state index contributed by atoms with van der Waals surface area (Å²) in [6.07, 6.45) is -0.981. The first kappa shape index (κ1) is 15.4. The zero-order valence-electron chi connectivity index (χ0n) is 13.0. The van der Waals surface area contributed by atoms with Gasteiger partial charge in [-0.25, -0.2) is 9.07 Å². The van der Waals surface area contributed by atoms with Gasteiger partial charge in [-0.05, 0) is 44.0 Å². The van der Waals surface area contributed by atoms with E-state index < -0.39 is 11.7 Å². The topological polar surface area (TPSA) is 81.2 Å². The van der Waals surface area contributed by atoms with E-state index in [1.165, 1.54) is 18.2 Å². The SMILES string of the molecule is Cc1cc(F)ccc1C(O)Cn1nc(C)c2c(C)onc2c1=O. The molecular weight excluding hydrogens is 301 g/mol. The lowest BCUT2D eigenvalue weighted by molar-refractivity contribution is 0.148. The molecule has 0 saturated carbocycles. The molecule has 23 heavy (non-hydrogen) atoms. The second-order valence-electron chi connectivity index (χ2n) is 5.55. The third-order valence-corrected chi connectivity index (χ3v) is 3.87. The largest absolute Gasteiger partial charge is 0.386 e. The second kappa shape index (κ2) is 5.58. The fourth-order valence-corrected chi connectivity index (χ4v) is 2.74. The molecule has 3 rings (SSSR count). The molecule has 1 atom stereocenters. The Bertz CT molecular complexity index is 946. The highest BCUT2D eigenvalue weighted by atomic mass is 19.1. The fraction of sp³-hybridized carbons (Fsp3) is 0.312. The third kappa shape index (κ3) is 2.63. The maximum atomic E-state index is 13.2. The van der Waals surface area contributed by atoms with Gasteiger partial charge in [0.2, 0.25) is 0 Å². The summed E-state index contributed by atoms with van der Waals surface area (Å²) in [5, 5.41) is 19.0. The van der Waals surface area contributed by atoms with Crippen LogP contribution in [0.15, 0.2) is 27.5 Å². The molecule has 7 heteroatoms. The Morgan fingerprint density at radius 2 is 2.09 bits per heavy atom. The van der Waals surface area contributed by atoms with Gasteiger partial charge in [0.25, 0.3) is 5.56 Å². The maximum absolute atomic E-state index is 13.2. The van der Waals surface area contributed by atoms with Gasteiger partial charge in [-0.2, -0.15) is 5.10 Å². The Balaban J connectivity index is 2.01. The van der Waals surface area contributed by atoms with Crippen molar-refractivity contribution in [1.82, 2.24) is 14.9 Å². The predicted molar refractivity (Wildman–Crippen MR) is 81.6 cm³/mol. The number of nitrogens with zero attached hydrogens (tertiary/aromatic N) is 3. The maximum Gasteiger partial charge on any atom is 0.296 e. The van der Waals surface area contributed by atoms with Crippen molar-refractivity contribution in [2.45, 2.75) is 33.4 Å². The van der Waals surface area contributed by atoms with Crippen LogP contribution in [-0.2, 0) is 6.54 Å². The zero-order chi connectivity index (χ0) is 16.7. The lowest BCUT2D eigenvalue weighted by Gasteiger charge is -2.15. The molecule has 0 amide bonds. The van der Waals surface area contributed by atoms with Crippen molar-refractivity contribution in [3.05, 3.63) is 57.0 Å². The van der Waals surface area contributed by atoms with Gasteiger partial charge in [-0.15, -0.1) is 0 Å². The third-order valence-electron chi connectivity index (χ3n) is 3.87. The van der Waals surface area contributed by atoms with Crippen LogP contribution in [0.2, 0.25) is 0 Å². The molecule has 120 valence electrons. The number of hydrogen-bond donors (Lipinski definition) is 1. The van der Waals surface area contributed by atoms with Crippen LogP contribution in [0.3, 0.4) is 0 Å². The molecule has 0 spiro atoms. The summed E-state index contributed by atoms with van der Waals surface area (Å²) in [4.78, 5) is 12.4. The monoisotopic (exact) mass is 317 g/mol. The molecule has 3 aromatic rings. The molecule has 2 heterocycles. The zero-order valence-corrected chi connectivity index (χ0v) is 13.0. The summed E-state index contributed by atoms with van der Waals surface area (Å²) in [5.41, 5.74) is 1.52. The van der Waals surface area contributed by atoms with E-state index in [1.54, 1.807) is 20.8 Å². The highest BCUT2D eigenvalue weighted by Gasteiger charge is 2.18. The van der Waals surface area contributed by atoms with Gasteiger partial charge >= 0.3 is 0 Å². The molecule has 0 saturated heterocycles. The molecule has 0 bridgehead atoms. The van der Waals surface area contributed by atoms with Gasteiger partial charge in [0.1, 0.15) is 11.6 Å². The van der Waals surface area contributed by atoms with E-state index in [9.17, 15) is 14.3 Å². The van der Waals surface area contributed by atoms with Gasteiger partial charge in [-0.3, -0.25) is 4.79 Å². The Hall–Kier alpha value is -2.54. The first-order valence-electron chi connectivity index (χ1n) is 7.16. The van der Waals surface area contributed by atoms with E-state index in [1.807, 2.05) is 0 Å². The number of aliphatic hydroxyl groups excluding tert-OH is 1. The number of aryl methyl sites for hydroxylation is 3. The number of benzene rings is 1. The van der Waals surface area contributed by atoms with Crippen molar-refractivity contribution in [3.8, 4) is 0 Å². The molecule has 0 radical (unpaired) electrons. The first-order chi connectivity index (χ1) is 10.9. The Morgan fingerprint density at radius 1 is 1.35 bits per heavy atom. The second-order valence-corrected chi connectivity index (χ2v) is 5.55. The molecule has 2 aromatic heterocycles. The number of halogens is 1. The highest BCUT2D eigenvalue weighted by Crippen LogP contribution is 2.21. The molecule has 1 aromatic carbocycles. The lowest BCUT2D eigenvalue weighted by Crippen LogP contribution is -2.27. The van der Waals surface area contributed by atoms with Crippen molar-refractivity contribution in [2.75, 3.05) is 0 Å². The predicted octanol–water partition coefficient (Wildman–Crippen LogP) is 2.18. The standard InChI is InChI=1S/C16H16FN3O3/c1-8-6-11(17)4-5-12(8)13(21)7-20-16(22)15-14(9(2)18-20)10(3)23-19-15/h4-6,13,21H,7H2,1-3H3. The minimum absolute atomic E-state index is 0.0476. The van der Waals surface area contributed by atoms with E-state index >= 15 is 0 Å². The van der Waals surface area contributed by atoms with Gasteiger partial charge in [0.15, 0.2) is 5.52 Å². The minimum atomic E-state index is -0.981. The molecular formula is C16H16FN3O3. The van der Waals surface area contributed by atoms with Crippen LogP contribution in [0, 0.1) is 26.6 Å². The van der Waals surface area contributed by atoms with E-state index in [4.69, 9.17) is 4.52 Å². The van der Waals surface area contributed by atoms with Gasteiger partial charge < -0.3 is 9.63 Å². The van der Waals surface area contributed by atoms with Crippen LogP contribution in [0.4, 0.5) is 4.39 Å². The number of aromatic nitrogens is 3. The average Bonchev–Trinajstić information content (AvgIpc) is 2.87. The molecule has 6 nitrogen and oxygen atoms in total. The van der Waals surface area contributed by atoms with Crippen molar-refractivity contribution >= 4 is 10.9 Å². The van der Waals surface area contributed by atoms with E-state index in [-0.39, 0.29) is 17.9 Å². The smallest absolute Gasteiger partial charge is 0.296 e. The van der Waals surface area contributed by atoms with Gasteiger partial charge in [-0.1, -0.05) is 11.2 Å². The molecule has 1 N–H and O–H groups in total. The first-order valence-corrected chi connectivity index (χ1v) is 7.16. The van der Waals surface area contributed by atoms with Crippen LogP contribution >= 0.6 is 0 Å². The summed E-state index contributed by atoms with van der Waals surface area (Å²) in [6.45, 7) is 5.11. The van der Waals surface area contributed by atoms with E-state index in [2.05, 4.69) is 10.3 Å². The quantitative estimate of drug-likeness (QED) is 0.801. The molecule has 0 aliphatic rings. The minimum Gasteiger partial charge on any atom is -0.386 e. The Kier molecular flexibility index (Phi) is 3.73. The van der Waals surface area contributed by atoms with Crippen LogP contribution in [0.25, 0.3) is 10.9 Å². The average molecular weight is 317 g/mol. The number of rotatable bonds is 3. The summed E-state index contributed by atoms with van der Waals surface area (Å²) in [5.74, 6) is 0.160. The summed E-state index contributed by atoms with van der Waals surface area (Å²) in [7, 11) is 0. The van der Waals surface area contributed by atoms with Crippen LogP contribution in [0.5, 0.6) is 0 Å². The molecule has 0 aliphatic heterocycles. The summed E-state index contributed by atoms with van der Waals surface area (Å²) in [6, 6.07) is 4.12. The molecule has 1 unspecified atom stereocenters. The van der Waals surface area contributed by atoms with Crippen LogP contribution < -0.4 is 5.56 Å². The summed E-state index contributed by atoms with van der Waals surface area (Å²) < 4.78 is 19.4. The van der Waals surface area contributed by atoms with Crippen molar-refractivity contribution in [2.24, 2.45) is 0 Å². The highest BCUT2D eigenvalue weighted by molar-refractivity contribution is 5.81. The number of hydrogen-bond acceptors (Lipinski definition) is 5. The van der Waals surface area contributed by atoms with Crippen molar-refractivity contribution in [1.29, 1.82) is 0 Å².